The number of carbonyl (C=O) groups excluding carboxylic acids is 2. The second-order valence-electron chi connectivity index (χ2n) is 9.18. The van der Waals surface area contributed by atoms with Gasteiger partial charge in [-0.1, -0.05) is 43.3 Å². The van der Waals surface area contributed by atoms with Gasteiger partial charge in [0.05, 0.1) is 19.3 Å². The molecule has 0 aromatic heterocycles. The number of morpholine rings is 1. The molecule has 0 radical (unpaired) electrons. The fourth-order valence-electron chi connectivity index (χ4n) is 4.92. The van der Waals surface area contributed by atoms with Crippen molar-refractivity contribution in [2.75, 3.05) is 32.8 Å². The maximum atomic E-state index is 13.2. The Labute approximate surface area is 195 Å². The van der Waals surface area contributed by atoms with Gasteiger partial charge in [-0.05, 0) is 54.5 Å². The van der Waals surface area contributed by atoms with Crippen molar-refractivity contribution >= 4 is 11.8 Å². The van der Waals surface area contributed by atoms with Gasteiger partial charge in [0.25, 0.3) is 5.91 Å². The van der Waals surface area contributed by atoms with E-state index in [-0.39, 0.29) is 23.8 Å². The quantitative estimate of drug-likeness (QED) is 0.678. The molecule has 2 heterocycles. The van der Waals surface area contributed by atoms with Crippen molar-refractivity contribution in [3.8, 4) is 5.75 Å². The molecule has 0 spiro atoms. The summed E-state index contributed by atoms with van der Waals surface area (Å²) in [5.41, 5.74) is 3.46. The standard InChI is InChI=1S/C27H32N2O4/c1-2-24(27(31)28-14-16-32-17-15-28)33-22-11-10-19-12-13-29(26(30)21-8-9-21)25(23(19)18-22)20-6-4-3-5-7-20/h3-7,10-11,18,21,24-25H,2,8-9,12-17H2,1H3/t24-,25-/m1/s1. The fraction of sp³-hybridized carbons (Fsp3) is 0.481. The number of amides is 2. The third kappa shape index (κ3) is 4.62. The summed E-state index contributed by atoms with van der Waals surface area (Å²) in [6.07, 6.45) is 2.90. The number of rotatable bonds is 6. The van der Waals surface area contributed by atoms with Crippen molar-refractivity contribution < 1.29 is 19.1 Å². The lowest BCUT2D eigenvalue weighted by Gasteiger charge is -2.38. The lowest BCUT2D eigenvalue weighted by atomic mass is 9.87. The lowest BCUT2D eigenvalue weighted by Crippen LogP contribution is -2.47. The van der Waals surface area contributed by atoms with Crippen molar-refractivity contribution in [1.29, 1.82) is 0 Å². The largest absolute Gasteiger partial charge is 0.481 e. The van der Waals surface area contributed by atoms with Crippen LogP contribution in [0.2, 0.25) is 0 Å². The zero-order valence-electron chi connectivity index (χ0n) is 19.2. The molecule has 1 saturated heterocycles. The van der Waals surface area contributed by atoms with Gasteiger partial charge in [-0.2, -0.15) is 0 Å². The Bertz CT molecular complexity index is 998. The molecule has 0 unspecified atom stereocenters. The number of ether oxygens (including phenoxy) is 2. The van der Waals surface area contributed by atoms with Crippen LogP contribution in [0.25, 0.3) is 0 Å². The average Bonchev–Trinajstić information content (AvgIpc) is 3.72. The second kappa shape index (κ2) is 9.56. The minimum Gasteiger partial charge on any atom is -0.481 e. The van der Waals surface area contributed by atoms with E-state index in [1.54, 1.807) is 0 Å². The molecule has 5 rings (SSSR count). The molecule has 1 aliphatic carbocycles. The highest BCUT2D eigenvalue weighted by Crippen LogP contribution is 2.41. The fourth-order valence-corrected chi connectivity index (χ4v) is 4.92. The minimum atomic E-state index is -0.524. The van der Waals surface area contributed by atoms with Gasteiger partial charge in [0.1, 0.15) is 5.75 Å². The zero-order chi connectivity index (χ0) is 22.8. The van der Waals surface area contributed by atoms with E-state index >= 15 is 0 Å². The highest BCUT2D eigenvalue weighted by molar-refractivity contribution is 5.82. The van der Waals surface area contributed by atoms with Crippen molar-refractivity contribution in [1.82, 2.24) is 9.80 Å². The van der Waals surface area contributed by atoms with Gasteiger partial charge in [0.15, 0.2) is 6.10 Å². The molecule has 1 saturated carbocycles. The van der Waals surface area contributed by atoms with Crippen LogP contribution in [0.5, 0.6) is 5.75 Å². The van der Waals surface area contributed by atoms with Gasteiger partial charge in [-0.15, -0.1) is 0 Å². The SMILES string of the molecule is CC[C@@H](Oc1ccc2c(c1)[C@@H](c1ccccc1)N(C(=O)C1CC1)CC2)C(=O)N1CCOCC1. The lowest BCUT2D eigenvalue weighted by molar-refractivity contribution is -0.143. The molecule has 33 heavy (non-hydrogen) atoms. The van der Waals surface area contributed by atoms with E-state index in [0.717, 1.165) is 36.9 Å². The first kappa shape index (κ1) is 22.0. The third-order valence-electron chi connectivity index (χ3n) is 6.92. The summed E-state index contributed by atoms with van der Waals surface area (Å²) >= 11 is 0. The summed E-state index contributed by atoms with van der Waals surface area (Å²) in [7, 11) is 0. The molecule has 2 aliphatic heterocycles. The Kier molecular flexibility index (Phi) is 6.36. The number of benzene rings is 2. The number of hydrogen-bond donors (Lipinski definition) is 0. The van der Waals surface area contributed by atoms with E-state index in [1.165, 1.54) is 5.56 Å². The molecule has 3 aliphatic rings. The Morgan fingerprint density at radius 1 is 1.06 bits per heavy atom. The van der Waals surface area contributed by atoms with Gasteiger partial charge < -0.3 is 19.3 Å². The van der Waals surface area contributed by atoms with Gasteiger partial charge in [0.2, 0.25) is 5.91 Å². The van der Waals surface area contributed by atoms with Crippen LogP contribution < -0.4 is 4.74 Å². The summed E-state index contributed by atoms with van der Waals surface area (Å²) in [5, 5.41) is 0. The molecule has 6 nitrogen and oxygen atoms in total. The second-order valence-corrected chi connectivity index (χ2v) is 9.18. The molecule has 0 bridgehead atoms. The molecule has 2 aromatic rings. The number of nitrogens with zero attached hydrogens (tertiary/aromatic N) is 2. The summed E-state index contributed by atoms with van der Waals surface area (Å²) in [6.45, 7) is 5.07. The smallest absolute Gasteiger partial charge is 0.263 e. The van der Waals surface area contributed by atoms with Gasteiger partial charge in [-0.25, -0.2) is 0 Å². The molecule has 174 valence electrons. The molecule has 2 fully saturated rings. The Hall–Kier alpha value is -2.86. The minimum absolute atomic E-state index is 0.0173. The highest BCUT2D eigenvalue weighted by Gasteiger charge is 2.39. The van der Waals surface area contributed by atoms with E-state index in [9.17, 15) is 9.59 Å². The van der Waals surface area contributed by atoms with Crippen LogP contribution in [0.3, 0.4) is 0 Å². The van der Waals surface area contributed by atoms with Crippen LogP contribution in [0.15, 0.2) is 48.5 Å². The van der Waals surface area contributed by atoms with Crippen LogP contribution >= 0.6 is 0 Å². The summed E-state index contributed by atoms with van der Waals surface area (Å²) < 4.78 is 11.6. The van der Waals surface area contributed by atoms with Gasteiger partial charge >= 0.3 is 0 Å². The van der Waals surface area contributed by atoms with Crippen molar-refractivity contribution in [2.24, 2.45) is 5.92 Å². The van der Waals surface area contributed by atoms with E-state index < -0.39 is 6.10 Å². The molecule has 2 atom stereocenters. The number of hydrogen-bond acceptors (Lipinski definition) is 4. The van der Waals surface area contributed by atoms with Crippen LogP contribution in [0.1, 0.15) is 48.9 Å². The highest BCUT2D eigenvalue weighted by atomic mass is 16.5. The molecule has 2 aromatic carbocycles. The van der Waals surface area contributed by atoms with Crippen LogP contribution in [0.4, 0.5) is 0 Å². The normalized spacial score (nSPS) is 21.3. The summed E-state index contributed by atoms with van der Waals surface area (Å²) in [6, 6.07) is 16.2. The van der Waals surface area contributed by atoms with E-state index in [4.69, 9.17) is 9.47 Å². The predicted molar refractivity (Wildman–Crippen MR) is 125 cm³/mol. The molecular formula is C27H32N2O4. The van der Waals surface area contributed by atoms with Crippen LogP contribution in [-0.2, 0) is 20.7 Å². The summed E-state index contributed by atoms with van der Waals surface area (Å²) in [4.78, 5) is 30.1. The van der Waals surface area contributed by atoms with E-state index in [2.05, 4.69) is 29.2 Å². The topological polar surface area (TPSA) is 59.1 Å². The average molecular weight is 449 g/mol. The molecular weight excluding hydrogens is 416 g/mol. The maximum Gasteiger partial charge on any atom is 0.263 e. The van der Waals surface area contributed by atoms with Crippen molar-refractivity contribution in [2.45, 2.75) is 44.8 Å². The van der Waals surface area contributed by atoms with Crippen LogP contribution in [-0.4, -0.2) is 60.6 Å². The first-order valence-corrected chi connectivity index (χ1v) is 12.2. The van der Waals surface area contributed by atoms with E-state index in [1.807, 2.05) is 36.1 Å². The van der Waals surface area contributed by atoms with Gasteiger partial charge in [0, 0.05) is 25.6 Å². The van der Waals surface area contributed by atoms with E-state index in [0.29, 0.717) is 38.5 Å². The predicted octanol–water partition coefficient (Wildman–Crippen LogP) is 3.59. The monoisotopic (exact) mass is 448 g/mol. The maximum absolute atomic E-state index is 13.2. The van der Waals surface area contributed by atoms with Crippen molar-refractivity contribution in [3.05, 3.63) is 65.2 Å². The number of carbonyl (C=O) groups is 2. The zero-order valence-corrected chi connectivity index (χ0v) is 19.2. The third-order valence-corrected chi connectivity index (χ3v) is 6.92. The Morgan fingerprint density at radius 3 is 2.52 bits per heavy atom. The molecule has 2 amide bonds. The summed E-state index contributed by atoms with van der Waals surface area (Å²) in [5.74, 6) is 1.13. The molecule has 0 N–H and O–H groups in total. The first-order chi connectivity index (χ1) is 16.2. The number of fused-ring (bicyclic) bond motifs is 1. The van der Waals surface area contributed by atoms with Crippen LogP contribution in [0, 0.1) is 5.92 Å². The van der Waals surface area contributed by atoms with Crippen molar-refractivity contribution in [3.63, 3.8) is 0 Å². The van der Waals surface area contributed by atoms with Gasteiger partial charge in [-0.3, -0.25) is 9.59 Å². The Morgan fingerprint density at radius 2 is 1.82 bits per heavy atom. The molecule has 6 heteroatoms. The first-order valence-electron chi connectivity index (χ1n) is 12.2. The Balaban J connectivity index is 1.43.